The van der Waals surface area contributed by atoms with Crippen LogP contribution in [0.4, 0.5) is 0 Å². The Hall–Kier alpha value is -2.02. The number of hydrogen-bond donors (Lipinski definition) is 0. The van der Waals surface area contributed by atoms with Crippen molar-refractivity contribution in [1.29, 1.82) is 0 Å². The minimum absolute atomic E-state index is 0.0653. The zero-order valence-electron chi connectivity index (χ0n) is 14.5. The van der Waals surface area contributed by atoms with Crippen molar-refractivity contribution in [2.75, 3.05) is 20.3 Å². The number of rotatable bonds is 8. The molecule has 0 amide bonds. The molecule has 0 spiro atoms. The van der Waals surface area contributed by atoms with Crippen LogP contribution in [0, 0.1) is 3.57 Å². The monoisotopic (exact) mass is 452 g/mol. The molecule has 5 heteroatoms. The van der Waals surface area contributed by atoms with Crippen LogP contribution in [0.5, 0.6) is 17.2 Å². The van der Waals surface area contributed by atoms with Crippen LogP contribution in [0.15, 0.2) is 42.5 Å². The molecular weight excluding hydrogens is 431 g/mol. The van der Waals surface area contributed by atoms with Crippen LogP contribution in [-0.4, -0.2) is 26.1 Å². The van der Waals surface area contributed by atoms with Crippen LogP contribution in [0.25, 0.3) is 6.08 Å². The Labute approximate surface area is 161 Å². The van der Waals surface area contributed by atoms with Crippen molar-refractivity contribution in [2.45, 2.75) is 13.8 Å². The first-order valence-corrected chi connectivity index (χ1v) is 9.12. The van der Waals surface area contributed by atoms with E-state index in [1.165, 1.54) is 0 Å². The van der Waals surface area contributed by atoms with Gasteiger partial charge in [-0.2, -0.15) is 0 Å². The molecule has 2 rings (SSSR count). The Balaban J connectivity index is 2.22. The summed E-state index contributed by atoms with van der Waals surface area (Å²) >= 11 is 2.21. The first kappa shape index (κ1) is 19.3. The zero-order chi connectivity index (χ0) is 18.2. The molecule has 4 nitrogen and oxygen atoms in total. The first-order chi connectivity index (χ1) is 12.1. The highest BCUT2D eigenvalue weighted by atomic mass is 127. The summed E-state index contributed by atoms with van der Waals surface area (Å²) in [4.78, 5) is 12.3. The third kappa shape index (κ3) is 5.22. The lowest BCUT2D eigenvalue weighted by Gasteiger charge is -2.13. The fourth-order valence-electron chi connectivity index (χ4n) is 2.25. The molecule has 0 heterocycles. The van der Waals surface area contributed by atoms with Crippen molar-refractivity contribution in [2.24, 2.45) is 0 Å². The summed E-state index contributed by atoms with van der Waals surface area (Å²) in [5, 5.41) is 0. The standard InChI is InChI=1S/C20H21IO4/c1-4-24-19-13-14(12-17(21)20(19)25-5-2)6-11-18(22)15-7-9-16(23-3)10-8-15/h6-13H,4-5H2,1-3H3/b11-6+. The highest BCUT2D eigenvalue weighted by Crippen LogP contribution is 2.34. The van der Waals surface area contributed by atoms with E-state index in [1.807, 2.05) is 26.0 Å². The predicted octanol–water partition coefficient (Wildman–Crippen LogP) is 4.99. The maximum absolute atomic E-state index is 12.3. The van der Waals surface area contributed by atoms with Gasteiger partial charge < -0.3 is 14.2 Å². The summed E-state index contributed by atoms with van der Waals surface area (Å²) in [5.74, 6) is 2.09. The summed E-state index contributed by atoms with van der Waals surface area (Å²) in [7, 11) is 1.60. The van der Waals surface area contributed by atoms with E-state index < -0.39 is 0 Å². The smallest absolute Gasteiger partial charge is 0.185 e. The fourth-order valence-corrected chi connectivity index (χ4v) is 3.04. The Morgan fingerprint density at radius 1 is 1.08 bits per heavy atom. The van der Waals surface area contributed by atoms with Gasteiger partial charge in [-0.05, 0) is 84.5 Å². The molecule has 2 aromatic rings. The van der Waals surface area contributed by atoms with Gasteiger partial charge in [0.05, 0.1) is 23.9 Å². The van der Waals surface area contributed by atoms with Gasteiger partial charge in [0.25, 0.3) is 0 Å². The van der Waals surface area contributed by atoms with Crippen LogP contribution in [-0.2, 0) is 0 Å². The van der Waals surface area contributed by atoms with E-state index in [-0.39, 0.29) is 5.78 Å². The molecule has 0 radical (unpaired) electrons. The first-order valence-electron chi connectivity index (χ1n) is 8.04. The highest BCUT2D eigenvalue weighted by molar-refractivity contribution is 14.1. The van der Waals surface area contributed by atoms with Crippen molar-refractivity contribution in [1.82, 2.24) is 0 Å². The summed E-state index contributed by atoms with van der Waals surface area (Å²) in [6.45, 7) is 4.99. The van der Waals surface area contributed by atoms with E-state index in [0.717, 1.165) is 20.6 Å². The number of benzene rings is 2. The number of allylic oxidation sites excluding steroid dienone is 1. The quantitative estimate of drug-likeness (QED) is 0.322. The van der Waals surface area contributed by atoms with Gasteiger partial charge in [-0.3, -0.25) is 4.79 Å². The molecule has 0 fully saturated rings. The molecule has 0 aliphatic heterocycles. The Morgan fingerprint density at radius 2 is 1.76 bits per heavy atom. The van der Waals surface area contributed by atoms with Crippen molar-refractivity contribution < 1.29 is 19.0 Å². The maximum Gasteiger partial charge on any atom is 0.185 e. The molecule has 2 aromatic carbocycles. The van der Waals surface area contributed by atoms with Crippen molar-refractivity contribution in [3.8, 4) is 17.2 Å². The van der Waals surface area contributed by atoms with Crippen LogP contribution >= 0.6 is 22.6 Å². The SMILES string of the molecule is CCOc1cc(/C=C/C(=O)c2ccc(OC)cc2)cc(I)c1OCC. The third-order valence-corrected chi connectivity index (χ3v) is 4.22. The lowest BCUT2D eigenvalue weighted by molar-refractivity contribution is 0.104. The van der Waals surface area contributed by atoms with Gasteiger partial charge in [-0.15, -0.1) is 0 Å². The molecule has 0 aromatic heterocycles. The number of methoxy groups -OCH3 is 1. The van der Waals surface area contributed by atoms with Crippen molar-refractivity contribution in [3.63, 3.8) is 0 Å². The van der Waals surface area contributed by atoms with E-state index in [2.05, 4.69) is 22.6 Å². The van der Waals surface area contributed by atoms with Gasteiger partial charge in [0.15, 0.2) is 17.3 Å². The summed E-state index contributed by atoms with van der Waals surface area (Å²) < 4.78 is 17.4. The van der Waals surface area contributed by atoms with Crippen molar-refractivity contribution in [3.05, 3.63) is 57.2 Å². The molecule has 132 valence electrons. The second-order valence-electron chi connectivity index (χ2n) is 5.12. The lowest BCUT2D eigenvalue weighted by atomic mass is 10.1. The number of ketones is 1. The topological polar surface area (TPSA) is 44.8 Å². The summed E-state index contributed by atoms with van der Waals surface area (Å²) in [6.07, 6.45) is 3.34. The van der Waals surface area contributed by atoms with Gasteiger partial charge in [-0.25, -0.2) is 0 Å². The minimum Gasteiger partial charge on any atom is -0.497 e. The number of carbonyl (C=O) groups excluding carboxylic acids is 1. The molecule has 0 aliphatic rings. The Bertz CT molecular complexity index is 751. The highest BCUT2D eigenvalue weighted by Gasteiger charge is 2.11. The number of hydrogen-bond acceptors (Lipinski definition) is 4. The van der Waals surface area contributed by atoms with E-state index >= 15 is 0 Å². The van der Waals surface area contributed by atoms with Crippen LogP contribution in [0.1, 0.15) is 29.8 Å². The second kappa shape index (κ2) is 9.46. The van der Waals surface area contributed by atoms with E-state index in [1.54, 1.807) is 43.5 Å². The van der Waals surface area contributed by atoms with Gasteiger partial charge >= 0.3 is 0 Å². The molecule has 0 aliphatic carbocycles. The maximum atomic E-state index is 12.3. The van der Waals surface area contributed by atoms with Crippen LogP contribution < -0.4 is 14.2 Å². The van der Waals surface area contributed by atoms with Gasteiger partial charge in [-0.1, -0.05) is 6.08 Å². The summed E-state index contributed by atoms with van der Waals surface area (Å²) in [5.41, 5.74) is 1.50. The van der Waals surface area contributed by atoms with E-state index in [0.29, 0.717) is 24.5 Å². The lowest BCUT2D eigenvalue weighted by Crippen LogP contribution is -2.01. The average molecular weight is 452 g/mol. The van der Waals surface area contributed by atoms with E-state index in [9.17, 15) is 4.79 Å². The van der Waals surface area contributed by atoms with Crippen LogP contribution in [0.3, 0.4) is 0 Å². The van der Waals surface area contributed by atoms with Crippen LogP contribution in [0.2, 0.25) is 0 Å². The Morgan fingerprint density at radius 3 is 2.36 bits per heavy atom. The molecule has 0 unspecified atom stereocenters. The van der Waals surface area contributed by atoms with E-state index in [4.69, 9.17) is 14.2 Å². The normalized spacial score (nSPS) is 10.7. The molecule has 25 heavy (non-hydrogen) atoms. The van der Waals surface area contributed by atoms with Gasteiger partial charge in [0.1, 0.15) is 5.75 Å². The predicted molar refractivity (Wildman–Crippen MR) is 108 cm³/mol. The zero-order valence-corrected chi connectivity index (χ0v) is 16.7. The van der Waals surface area contributed by atoms with Gasteiger partial charge in [0.2, 0.25) is 0 Å². The summed E-state index contributed by atoms with van der Waals surface area (Å²) in [6, 6.07) is 10.9. The molecule has 0 saturated carbocycles. The molecule has 0 N–H and O–H groups in total. The number of ether oxygens (including phenoxy) is 3. The van der Waals surface area contributed by atoms with Gasteiger partial charge in [0, 0.05) is 5.56 Å². The van der Waals surface area contributed by atoms with Crippen molar-refractivity contribution >= 4 is 34.5 Å². The molecule has 0 atom stereocenters. The minimum atomic E-state index is -0.0653. The molecule has 0 saturated heterocycles. The number of halogens is 1. The average Bonchev–Trinajstić information content (AvgIpc) is 2.63. The third-order valence-electron chi connectivity index (χ3n) is 3.42. The second-order valence-corrected chi connectivity index (χ2v) is 6.28. The molecular formula is C20H21IO4. The number of carbonyl (C=O) groups is 1. The molecule has 0 bridgehead atoms. The largest absolute Gasteiger partial charge is 0.497 e. The fraction of sp³-hybridized carbons (Fsp3) is 0.250. The Kier molecular flexibility index (Phi) is 7.31.